The van der Waals surface area contributed by atoms with Crippen LogP contribution < -0.4 is 0 Å². The minimum absolute atomic E-state index is 0.0427. The first-order valence-corrected chi connectivity index (χ1v) is 6.11. The Morgan fingerprint density at radius 3 is 2.47 bits per heavy atom. The van der Waals surface area contributed by atoms with Crippen LogP contribution in [0.3, 0.4) is 0 Å². The SMILES string of the molecule is C/C(O)=C1\CC(F)(F)CN1C1CCN(C)CC1. The largest absolute Gasteiger partial charge is 0.511 e. The fraction of sp³-hybridized carbons (Fsp3) is 0.833. The molecule has 0 aromatic heterocycles. The van der Waals surface area contributed by atoms with Crippen molar-refractivity contribution < 1.29 is 13.9 Å². The molecule has 3 nitrogen and oxygen atoms in total. The van der Waals surface area contributed by atoms with E-state index < -0.39 is 5.92 Å². The van der Waals surface area contributed by atoms with Crippen LogP contribution in [0.1, 0.15) is 26.2 Å². The highest BCUT2D eigenvalue weighted by molar-refractivity contribution is 5.15. The third-order valence-corrected chi connectivity index (χ3v) is 3.72. The third kappa shape index (κ3) is 2.70. The van der Waals surface area contributed by atoms with Crippen molar-refractivity contribution >= 4 is 0 Å². The lowest BCUT2D eigenvalue weighted by Gasteiger charge is -2.36. The first-order valence-electron chi connectivity index (χ1n) is 6.11. The summed E-state index contributed by atoms with van der Waals surface area (Å²) in [6.07, 6.45) is 1.47. The summed E-state index contributed by atoms with van der Waals surface area (Å²) in [5, 5.41) is 9.53. The molecule has 2 heterocycles. The van der Waals surface area contributed by atoms with Gasteiger partial charge in [-0.05, 0) is 39.9 Å². The maximum atomic E-state index is 13.4. The smallest absolute Gasteiger partial charge is 0.270 e. The number of alkyl halides is 2. The van der Waals surface area contributed by atoms with E-state index in [1.54, 1.807) is 4.90 Å². The summed E-state index contributed by atoms with van der Waals surface area (Å²) in [5.41, 5.74) is 0.435. The van der Waals surface area contributed by atoms with E-state index in [0.29, 0.717) is 5.70 Å². The molecule has 5 heteroatoms. The summed E-state index contributed by atoms with van der Waals surface area (Å²) in [5.74, 6) is -2.65. The van der Waals surface area contributed by atoms with Gasteiger partial charge in [0, 0.05) is 6.04 Å². The number of piperidine rings is 1. The highest BCUT2D eigenvalue weighted by Crippen LogP contribution is 2.38. The molecule has 0 aromatic carbocycles. The standard InChI is InChI=1S/C12H20F2N2O/c1-9(17)11-7-12(13,14)8-16(11)10-3-5-15(2)6-4-10/h10,17H,3-8H2,1-2H3/b11-9-. The Balaban J connectivity index is 2.11. The predicted molar refractivity (Wildman–Crippen MR) is 62.1 cm³/mol. The van der Waals surface area contributed by atoms with Crippen LogP contribution in [0.15, 0.2) is 11.5 Å². The number of rotatable bonds is 1. The quantitative estimate of drug-likeness (QED) is 0.719. The van der Waals surface area contributed by atoms with Crippen molar-refractivity contribution in [1.29, 1.82) is 0 Å². The minimum atomic E-state index is -2.69. The van der Waals surface area contributed by atoms with Gasteiger partial charge in [0.05, 0.1) is 18.7 Å². The Bertz CT molecular complexity index is 318. The molecule has 0 atom stereocenters. The van der Waals surface area contributed by atoms with Crippen molar-refractivity contribution in [2.75, 3.05) is 26.7 Å². The lowest BCUT2D eigenvalue weighted by Crippen LogP contribution is -2.43. The molecule has 98 valence electrons. The minimum Gasteiger partial charge on any atom is -0.511 e. The fourth-order valence-corrected chi connectivity index (χ4v) is 2.74. The number of nitrogens with zero attached hydrogens (tertiary/aromatic N) is 2. The van der Waals surface area contributed by atoms with Gasteiger partial charge in [-0.15, -0.1) is 0 Å². The monoisotopic (exact) mass is 246 g/mol. The molecule has 0 bridgehead atoms. The molecule has 0 radical (unpaired) electrons. The lowest BCUT2D eigenvalue weighted by atomic mass is 10.0. The molecule has 2 aliphatic heterocycles. The molecule has 1 N–H and O–H groups in total. The molecule has 0 aromatic rings. The van der Waals surface area contributed by atoms with E-state index in [4.69, 9.17) is 0 Å². The number of halogens is 2. The van der Waals surface area contributed by atoms with Gasteiger partial charge in [-0.1, -0.05) is 0 Å². The number of aliphatic hydroxyl groups is 1. The number of hydrogen-bond acceptors (Lipinski definition) is 3. The first kappa shape index (κ1) is 12.6. The van der Waals surface area contributed by atoms with E-state index in [1.165, 1.54) is 6.92 Å². The van der Waals surface area contributed by atoms with Crippen LogP contribution >= 0.6 is 0 Å². The molecular formula is C12H20F2N2O. The molecule has 2 saturated heterocycles. The molecule has 17 heavy (non-hydrogen) atoms. The van der Waals surface area contributed by atoms with Crippen molar-refractivity contribution in [3.05, 3.63) is 11.5 Å². The zero-order chi connectivity index (χ0) is 12.6. The van der Waals surface area contributed by atoms with Crippen molar-refractivity contribution in [2.24, 2.45) is 0 Å². The molecule has 0 unspecified atom stereocenters. The second-order valence-corrected chi connectivity index (χ2v) is 5.23. The normalized spacial score (nSPS) is 29.8. The molecule has 2 rings (SSSR count). The average molecular weight is 246 g/mol. The Labute approximate surface area is 101 Å². The topological polar surface area (TPSA) is 26.7 Å². The predicted octanol–water partition coefficient (Wildman–Crippen LogP) is 2.21. The number of allylic oxidation sites excluding steroid dienone is 2. The van der Waals surface area contributed by atoms with Gasteiger partial charge in [0.15, 0.2) is 0 Å². The number of aliphatic hydroxyl groups excluding tert-OH is 1. The average Bonchev–Trinajstić information content (AvgIpc) is 2.56. The Morgan fingerprint density at radius 2 is 1.94 bits per heavy atom. The van der Waals surface area contributed by atoms with Crippen LogP contribution in [0.4, 0.5) is 8.78 Å². The Kier molecular flexibility index (Phi) is 3.30. The summed E-state index contributed by atoms with van der Waals surface area (Å²) in [7, 11) is 2.04. The van der Waals surface area contributed by atoms with Gasteiger partial charge in [-0.3, -0.25) is 0 Å². The van der Waals surface area contributed by atoms with Crippen molar-refractivity contribution in [3.63, 3.8) is 0 Å². The van der Waals surface area contributed by atoms with Gasteiger partial charge < -0.3 is 14.9 Å². The maximum absolute atomic E-state index is 13.4. The van der Waals surface area contributed by atoms with Gasteiger partial charge in [0.1, 0.15) is 5.76 Å². The molecule has 0 saturated carbocycles. The first-order chi connectivity index (χ1) is 7.89. The molecule has 0 amide bonds. The van der Waals surface area contributed by atoms with Crippen LogP contribution in [0, 0.1) is 0 Å². The molecular weight excluding hydrogens is 226 g/mol. The van der Waals surface area contributed by atoms with E-state index in [1.807, 2.05) is 7.05 Å². The molecule has 2 aliphatic rings. The Hall–Kier alpha value is -0.840. The van der Waals surface area contributed by atoms with Crippen molar-refractivity contribution in [2.45, 2.75) is 38.2 Å². The third-order valence-electron chi connectivity index (χ3n) is 3.72. The maximum Gasteiger partial charge on any atom is 0.270 e. The highest BCUT2D eigenvalue weighted by Gasteiger charge is 2.45. The second-order valence-electron chi connectivity index (χ2n) is 5.23. The van der Waals surface area contributed by atoms with E-state index in [9.17, 15) is 13.9 Å². The summed E-state index contributed by atoms with van der Waals surface area (Å²) in [6, 6.07) is 0.150. The number of hydrogen-bond donors (Lipinski definition) is 1. The summed E-state index contributed by atoms with van der Waals surface area (Å²) in [6.45, 7) is 3.13. The van der Waals surface area contributed by atoms with E-state index in [-0.39, 0.29) is 24.8 Å². The Morgan fingerprint density at radius 1 is 1.35 bits per heavy atom. The van der Waals surface area contributed by atoms with Crippen LogP contribution in [0.2, 0.25) is 0 Å². The van der Waals surface area contributed by atoms with Gasteiger partial charge in [-0.2, -0.15) is 0 Å². The van der Waals surface area contributed by atoms with Crippen LogP contribution in [0.25, 0.3) is 0 Å². The van der Waals surface area contributed by atoms with Crippen LogP contribution in [0.5, 0.6) is 0 Å². The van der Waals surface area contributed by atoms with E-state index in [2.05, 4.69) is 4.90 Å². The van der Waals surface area contributed by atoms with Crippen LogP contribution in [-0.4, -0.2) is 53.6 Å². The van der Waals surface area contributed by atoms with Gasteiger partial charge in [0.25, 0.3) is 5.92 Å². The summed E-state index contributed by atoms with van der Waals surface area (Å²) < 4.78 is 26.9. The van der Waals surface area contributed by atoms with Crippen molar-refractivity contribution in [3.8, 4) is 0 Å². The summed E-state index contributed by atoms with van der Waals surface area (Å²) >= 11 is 0. The molecule has 0 aliphatic carbocycles. The zero-order valence-corrected chi connectivity index (χ0v) is 10.4. The summed E-state index contributed by atoms with van der Waals surface area (Å²) in [4.78, 5) is 3.93. The van der Waals surface area contributed by atoms with Gasteiger partial charge in [0.2, 0.25) is 0 Å². The van der Waals surface area contributed by atoms with E-state index in [0.717, 1.165) is 25.9 Å². The van der Waals surface area contributed by atoms with Gasteiger partial charge >= 0.3 is 0 Å². The molecule has 2 fully saturated rings. The molecule has 0 spiro atoms. The second kappa shape index (κ2) is 4.44. The zero-order valence-electron chi connectivity index (χ0n) is 10.4. The van der Waals surface area contributed by atoms with Crippen LogP contribution in [-0.2, 0) is 0 Å². The fourth-order valence-electron chi connectivity index (χ4n) is 2.74. The highest BCUT2D eigenvalue weighted by atomic mass is 19.3. The lowest BCUT2D eigenvalue weighted by molar-refractivity contribution is 0.00395. The number of likely N-dealkylation sites (tertiary alicyclic amines) is 2. The van der Waals surface area contributed by atoms with Crippen molar-refractivity contribution in [1.82, 2.24) is 9.80 Å². The van der Waals surface area contributed by atoms with Gasteiger partial charge in [-0.25, -0.2) is 8.78 Å². The van der Waals surface area contributed by atoms with E-state index >= 15 is 0 Å².